The van der Waals surface area contributed by atoms with Crippen LogP contribution in [0.5, 0.6) is 0 Å². The van der Waals surface area contributed by atoms with Crippen molar-refractivity contribution in [1.82, 2.24) is 21.3 Å². The lowest BCUT2D eigenvalue weighted by molar-refractivity contribution is -0.143. The Hall–Kier alpha value is -3.48. The molecule has 0 aliphatic rings. The van der Waals surface area contributed by atoms with Crippen LogP contribution < -0.4 is 32.7 Å². The predicted molar refractivity (Wildman–Crippen MR) is 156 cm³/mol. The lowest BCUT2D eigenvalue weighted by Crippen LogP contribution is -2.59. The molecular weight excluding hydrogens is 623 g/mol. The van der Waals surface area contributed by atoms with Crippen LogP contribution in [0.2, 0.25) is 0 Å². The average Bonchev–Trinajstić information content (AvgIpc) is 2.96. The van der Waals surface area contributed by atoms with Crippen molar-refractivity contribution in [1.29, 1.82) is 0 Å². The first-order valence-corrected chi connectivity index (χ1v) is 15.7. The van der Waals surface area contributed by atoms with Crippen molar-refractivity contribution in [3.63, 3.8) is 0 Å². The van der Waals surface area contributed by atoms with Gasteiger partial charge >= 0.3 is 19.8 Å². The van der Waals surface area contributed by atoms with Gasteiger partial charge in [-0.2, -0.15) is 0 Å². The van der Waals surface area contributed by atoms with Gasteiger partial charge in [0, 0.05) is 12.8 Å². The molecule has 0 rings (SSSR count). The van der Waals surface area contributed by atoms with Crippen LogP contribution in [-0.4, -0.2) is 98.3 Å². The number of phosphoric acid groups is 1. The van der Waals surface area contributed by atoms with Gasteiger partial charge in [-0.25, -0.2) is 9.36 Å². The first kappa shape index (κ1) is 41.5. The van der Waals surface area contributed by atoms with Gasteiger partial charge in [-0.15, -0.1) is 0 Å². The molecule has 0 radical (unpaired) electrons. The quantitative estimate of drug-likeness (QED) is 0.0573. The standard InChI is InChI=1S/C25H45N6O13P/c1-5-12(3)19(27)23(37)31-20(13(4)6-2)24(38)29-16(11-44-45(41,42)43)22(36)30-17(32)9-7-14(26)21(35)28-15(25(39)40)8-10-18(33)34/h12-16,19-20H,5-11,26-27H2,1-4H3,(H,28,35)(H,29,38)(H,31,37)(H,33,34)(H,39,40)(H,30,32,36)(H2,41,42,43). The third-order valence-electron chi connectivity index (χ3n) is 6.94. The zero-order valence-electron chi connectivity index (χ0n) is 25.6. The highest BCUT2D eigenvalue weighted by Gasteiger charge is 2.34. The van der Waals surface area contributed by atoms with E-state index in [1.54, 1.807) is 20.8 Å². The summed E-state index contributed by atoms with van der Waals surface area (Å²) in [5, 5.41) is 26.6. The number of phosphoric ester groups is 1. The van der Waals surface area contributed by atoms with Crippen LogP contribution in [0, 0.1) is 11.8 Å². The summed E-state index contributed by atoms with van der Waals surface area (Å²) in [5.74, 6) is -8.32. The lowest BCUT2D eigenvalue weighted by Gasteiger charge is -2.28. The fourth-order valence-corrected chi connectivity index (χ4v) is 3.93. The molecule has 45 heavy (non-hydrogen) atoms. The number of carboxylic acids is 2. The third-order valence-corrected chi connectivity index (χ3v) is 7.42. The Morgan fingerprint density at radius 3 is 1.80 bits per heavy atom. The monoisotopic (exact) mass is 668 g/mol. The first-order chi connectivity index (χ1) is 20.7. The van der Waals surface area contributed by atoms with Crippen molar-refractivity contribution >= 4 is 49.3 Å². The molecule has 7 unspecified atom stereocenters. The summed E-state index contributed by atoms with van der Waals surface area (Å²) < 4.78 is 15.6. The summed E-state index contributed by atoms with van der Waals surface area (Å²) in [6.45, 7) is 5.86. The number of nitrogens with one attached hydrogen (secondary N) is 4. The summed E-state index contributed by atoms with van der Waals surface area (Å²) in [7, 11) is -5.14. The van der Waals surface area contributed by atoms with Crippen LogP contribution in [0.3, 0.4) is 0 Å². The SMILES string of the molecule is CCC(C)C(N)C(=O)NC(C(=O)NC(COP(=O)(O)O)C(=O)NC(=O)CCC(N)C(=O)NC(CCC(=O)O)C(=O)O)C(C)CC. The van der Waals surface area contributed by atoms with Gasteiger partial charge in [-0.3, -0.25) is 38.6 Å². The largest absolute Gasteiger partial charge is 0.481 e. The molecule has 258 valence electrons. The molecular formula is C25H45N6O13P. The van der Waals surface area contributed by atoms with Gasteiger partial charge in [0.05, 0.1) is 18.7 Å². The van der Waals surface area contributed by atoms with Gasteiger partial charge in [0.15, 0.2) is 0 Å². The van der Waals surface area contributed by atoms with Crippen LogP contribution in [-0.2, 0) is 42.7 Å². The minimum atomic E-state index is -5.14. The maximum atomic E-state index is 13.2. The van der Waals surface area contributed by atoms with Crippen LogP contribution in [0.15, 0.2) is 0 Å². The molecule has 0 aromatic rings. The third kappa shape index (κ3) is 16.4. The maximum Gasteiger partial charge on any atom is 0.469 e. The van der Waals surface area contributed by atoms with Crippen molar-refractivity contribution in [3.8, 4) is 0 Å². The fraction of sp³-hybridized carbons (Fsp3) is 0.720. The van der Waals surface area contributed by atoms with E-state index in [2.05, 4.69) is 20.5 Å². The Morgan fingerprint density at radius 2 is 1.31 bits per heavy atom. The summed E-state index contributed by atoms with van der Waals surface area (Å²) in [6, 6.07) is -6.99. The Bertz CT molecular complexity index is 1120. The fourth-order valence-electron chi connectivity index (χ4n) is 3.59. The number of carboxylic acid groups (broad SMARTS) is 2. The van der Waals surface area contributed by atoms with Crippen molar-refractivity contribution < 1.29 is 62.7 Å². The van der Waals surface area contributed by atoms with Crippen molar-refractivity contribution in [2.45, 2.75) is 96.4 Å². The highest BCUT2D eigenvalue weighted by molar-refractivity contribution is 7.46. The summed E-state index contributed by atoms with van der Waals surface area (Å²) in [5.41, 5.74) is 11.6. The molecule has 0 heterocycles. The molecule has 0 aliphatic heterocycles. The zero-order chi connectivity index (χ0) is 35.1. The zero-order valence-corrected chi connectivity index (χ0v) is 26.5. The Balaban J connectivity index is 5.53. The Kier molecular flexibility index (Phi) is 18.3. The van der Waals surface area contributed by atoms with Crippen LogP contribution in [0.1, 0.15) is 66.2 Å². The highest BCUT2D eigenvalue weighted by atomic mass is 31.2. The average molecular weight is 669 g/mol. The summed E-state index contributed by atoms with van der Waals surface area (Å²) in [4.78, 5) is 103. The minimum Gasteiger partial charge on any atom is -0.481 e. The second-order valence-corrected chi connectivity index (χ2v) is 11.8. The summed E-state index contributed by atoms with van der Waals surface area (Å²) >= 11 is 0. The van der Waals surface area contributed by atoms with E-state index in [9.17, 15) is 38.1 Å². The molecule has 0 aromatic heterocycles. The van der Waals surface area contributed by atoms with Gasteiger partial charge in [0.25, 0.3) is 5.91 Å². The number of carbonyl (C=O) groups is 7. The van der Waals surface area contributed by atoms with Gasteiger partial charge in [0.1, 0.15) is 18.1 Å². The Morgan fingerprint density at radius 1 is 0.756 bits per heavy atom. The number of hydrogen-bond acceptors (Lipinski definition) is 11. The summed E-state index contributed by atoms with van der Waals surface area (Å²) in [6.07, 6.45) is -0.955. The van der Waals surface area contributed by atoms with Crippen LogP contribution in [0.25, 0.3) is 0 Å². The second-order valence-electron chi connectivity index (χ2n) is 10.5. The molecule has 12 N–H and O–H groups in total. The highest BCUT2D eigenvalue weighted by Crippen LogP contribution is 2.35. The van der Waals surface area contributed by atoms with Gasteiger partial charge in [-0.1, -0.05) is 40.5 Å². The van der Waals surface area contributed by atoms with Gasteiger partial charge < -0.3 is 47.4 Å². The number of nitrogens with two attached hydrogens (primary N) is 2. The van der Waals surface area contributed by atoms with Crippen molar-refractivity contribution in [2.24, 2.45) is 23.3 Å². The van der Waals surface area contributed by atoms with E-state index in [4.69, 9.17) is 31.5 Å². The number of rotatable bonds is 21. The molecule has 7 atom stereocenters. The Labute approximate surface area is 259 Å². The van der Waals surface area contributed by atoms with E-state index in [0.717, 1.165) is 0 Å². The van der Waals surface area contributed by atoms with E-state index >= 15 is 0 Å². The van der Waals surface area contributed by atoms with Gasteiger partial charge in [0.2, 0.25) is 23.6 Å². The molecule has 19 nitrogen and oxygen atoms in total. The first-order valence-electron chi connectivity index (χ1n) is 14.1. The molecule has 0 bridgehead atoms. The number of carbonyl (C=O) groups excluding carboxylic acids is 5. The number of hydrogen-bond donors (Lipinski definition) is 10. The topological polar surface area (TPSA) is 327 Å². The van der Waals surface area contributed by atoms with Gasteiger partial charge in [-0.05, 0) is 24.7 Å². The molecule has 0 saturated heterocycles. The van der Waals surface area contributed by atoms with Crippen LogP contribution in [0.4, 0.5) is 0 Å². The molecule has 0 spiro atoms. The van der Waals surface area contributed by atoms with E-state index in [-0.39, 0.29) is 5.92 Å². The second kappa shape index (κ2) is 19.8. The van der Waals surface area contributed by atoms with E-state index in [1.807, 2.05) is 12.2 Å². The van der Waals surface area contributed by atoms with Crippen LogP contribution >= 0.6 is 7.82 Å². The van der Waals surface area contributed by atoms with E-state index in [1.165, 1.54) is 0 Å². The number of amides is 5. The molecule has 5 amide bonds. The smallest absolute Gasteiger partial charge is 0.469 e. The molecule has 0 fully saturated rings. The van der Waals surface area contributed by atoms with E-state index < -0.39 is 118 Å². The normalized spacial score (nSPS) is 16.1. The van der Waals surface area contributed by atoms with Crippen molar-refractivity contribution in [3.05, 3.63) is 0 Å². The molecule has 20 heteroatoms. The molecule has 0 saturated carbocycles. The number of aliphatic carboxylic acids is 2. The molecule has 0 aliphatic carbocycles. The predicted octanol–water partition coefficient (Wildman–Crippen LogP) is -2.33. The number of imide groups is 1. The minimum absolute atomic E-state index is 0.221. The molecule has 0 aromatic carbocycles. The van der Waals surface area contributed by atoms with Crippen molar-refractivity contribution in [2.75, 3.05) is 6.61 Å². The van der Waals surface area contributed by atoms with E-state index in [0.29, 0.717) is 12.8 Å². The lowest BCUT2D eigenvalue weighted by atomic mass is 9.95. The maximum absolute atomic E-state index is 13.2.